The van der Waals surface area contributed by atoms with Crippen molar-refractivity contribution in [2.24, 2.45) is 0 Å². The molecule has 0 aliphatic carbocycles. The molecule has 3 nitrogen and oxygen atoms in total. The third-order valence-corrected chi connectivity index (χ3v) is 3.25. The first kappa shape index (κ1) is 9.48. The van der Waals surface area contributed by atoms with E-state index in [-0.39, 0.29) is 0 Å². The summed E-state index contributed by atoms with van der Waals surface area (Å²) in [5.41, 5.74) is 4.26. The van der Waals surface area contributed by atoms with Crippen molar-refractivity contribution in [2.75, 3.05) is 0 Å². The van der Waals surface area contributed by atoms with Crippen LogP contribution in [0.2, 0.25) is 0 Å². The zero-order chi connectivity index (χ0) is 11.9. The molecule has 0 bridgehead atoms. The Balaban J connectivity index is 2.08. The van der Waals surface area contributed by atoms with Gasteiger partial charge in [-0.25, -0.2) is 0 Å². The fourth-order valence-electron chi connectivity index (χ4n) is 2.37. The average molecular weight is 232 g/mol. The highest BCUT2D eigenvalue weighted by atomic mass is 15.1. The highest BCUT2D eigenvalue weighted by molar-refractivity contribution is 6.02. The van der Waals surface area contributed by atoms with E-state index in [0.717, 1.165) is 27.7 Å². The number of para-hydroxylation sites is 1. The molecule has 0 atom stereocenters. The van der Waals surface area contributed by atoms with E-state index in [0.29, 0.717) is 0 Å². The number of benzene rings is 2. The minimum atomic E-state index is 0.972. The molecule has 85 valence electrons. The lowest BCUT2D eigenvalue weighted by atomic mass is 10.1. The van der Waals surface area contributed by atoms with Crippen molar-refractivity contribution in [3.05, 3.63) is 54.7 Å². The van der Waals surface area contributed by atoms with Crippen molar-refractivity contribution in [1.82, 2.24) is 15.2 Å². The quantitative estimate of drug-likeness (QED) is 0.518. The third kappa shape index (κ3) is 1.21. The normalized spacial score (nSPS) is 11.3. The van der Waals surface area contributed by atoms with Gasteiger partial charge in [-0.2, -0.15) is 5.10 Å². The number of hydrogen-bond acceptors (Lipinski definition) is 1. The van der Waals surface area contributed by atoms with Crippen molar-refractivity contribution in [1.29, 1.82) is 0 Å². The van der Waals surface area contributed by atoms with Gasteiger partial charge in [0.1, 0.15) is 5.69 Å². The average Bonchev–Trinajstić information content (AvgIpc) is 3.01. The monoisotopic (exact) mass is 232 g/mol. The van der Waals surface area contributed by atoms with Gasteiger partial charge >= 0.3 is 0 Å². The molecule has 0 aliphatic heterocycles. The van der Waals surface area contributed by atoms with Crippen LogP contribution in [0.4, 0.5) is 0 Å². The van der Waals surface area contributed by atoms with Crippen molar-refractivity contribution in [2.45, 2.75) is 0 Å². The number of rotatable bonds is 1. The highest BCUT2D eigenvalue weighted by Gasteiger charge is 2.11. The fourth-order valence-corrected chi connectivity index (χ4v) is 2.37. The van der Waals surface area contributed by atoms with E-state index in [4.69, 9.17) is 0 Å². The molecule has 0 unspecified atom stereocenters. The summed E-state index contributed by atoms with van der Waals surface area (Å²) in [7, 11) is 0. The van der Waals surface area contributed by atoms with Crippen LogP contribution in [0.1, 0.15) is 0 Å². The third-order valence-electron chi connectivity index (χ3n) is 3.25. The molecule has 0 saturated carbocycles. The van der Waals surface area contributed by atoms with Crippen LogP contribution in [-0.2, 0) is 0 Å². The molecule has 4 aromatic rings. The summed E-state index contributed by atoms with van der Waals surface area (Å²) in [6.45, 7) is 0. The molecule has 2 heterocycles. The Hall–Kier alpha value is -2.55. The summed E-state index contributed by atoms with van der Waals surface area (Å²) in [5, 5.41) is 9.77. The summed E-state index contributed by atoms with van der Waals surface area (Å²) in [6, 6.07) is 17.2. The number of fused-ring (bicyclic) bond motifs is 2. The molecule has 18 heavy (non-hydrogen) atoms. The smallest absolute Gasteiger partial charge is 0.102 e. The lowest BCUT2D eigenvalue weighted by Gasteiger charge is -1.95. The SMILES string of the molecule is [c]1ccc2[nH]nc(-c3c[nH]c4ccccc34)c2c1. The second-order valence-electron chi connectivity index (χ2n) is 4.29. The number of H-pyrrole nitrogens is 2. The Morgan fingerprint density at radius 3 is 2.94 bits per heavy atom. The zero-order valence-corrected chi connectivity index (χ0v) is 9.57. The van der Waals surface area contributed by atoms with Crippen LogP contribution in [0.25, 0.3) is 33.1 Å². The van der Waals surface area contributed by atoms with Gasteiger partial charge in [-0.3, -0.25) is 5.10 Å². The first-order chi connectivity index (χ1) is 8.93. The molecule has 4 rings (SSSR count). The molecule has 2 N–H and O–H groups in total. The van der Waals surface area contributed by atoms with Gasteiger partial charge in [0.05, 0.1) is 5.52 Å². The molecule has 3 heteroatoms. The molecule has 0 amide bonds. The van der Waals surface area contributed by atoms with E-state index in [2.05, 4.69) is 33.4 Å². The summed E-state index contributed by atoms with van der Waals surface area (Å²) in [4.78, 5) is 3.28. The van der Waals surface area contributed by atoms with Crippen LogP contribution in [0.3, 0.4) is 0 Å². The van der Waals surface area contributed by atoms with Crippen LogP contribution in [0.15, 0.2) is 48.7 Å². The number of nitrogens with one attached hydrogen (secondary N) is 2. The van der Waals surface area contributed by atoms with Gasteiger partial charge in [-0.05, 0) is 24.3 Å². The van der Waals surface area contributed by atoms with Gasteiger partial charge in [0.25, 0.3) is 0 Å². The Morgan fingerprint density at radius 1 is 1.00 bits per heavy atom. The van der Waals surface area contributed by atoms with Gasteiger partial charge in [0.2, 0.25) is 0 Å². The molecule has 0 saturated heterocycles. The van der Waals surface area contributed by atoms with Crippen LogP contribution in [0.5, 0.6) is 0 Å². The predicted molar refractivity (Wildman–Crippen MR) is 72.2 cm³/mol. The maximum Gasteiger partial charge on any atom is 0.102 e. The largest absolute Gasteiger partial charge is 0.360 e. The molecule has 1 radical (unpaired) electrons. The number of nitrogens with zero attached hydrogens (tertiary/aromatic N) is 1. The molecular weight excluding hydrogens is 222 g/mol. The Labute approximate surface area is 103 Å². The number of hydrogen-bond donors (Lipinski definition) is 2. The predicted octanol–water partition coefficient (Wildman–Crippen LogP) is 3.51. The first-order valence-corrected chi connectivity index (χ1v) is 5.84. The van der Waals surface area contributed by atoms with Crippen molar-refractivity contribution in [3.63, 3.8) is 0 Å². The van der Waals surface area contributed by atoms with Gasteiger partial charge < -0.3 is 4.98 Å². The molecule has 0 spiro atoms. The summed E-state index contributed by atoms with van der Waals surface area (Å²) < 4.78 is 0. The highest BCUT2D eigenvalue weighted by Crippen LogP contribution is 2.31. The van der Waals surface area contributed by atoms with E-state index in [1.807, 2.05) is 36.5 Å². The topological polar surface area (TPSA) is 44.5 Å². The Bertz CT molecular complexity index is 767. The molecule has 2 aromatic carbocycles. The van der Waals surface area contributed by atoms with Crippen LogP contribution in [-0.4, -0.2) is 15.2 Å². The van der Waals surface area contributed by atoms with Crippen LogP contribution in [0, 0.1) is 6.07 Å². The number of aromatic nitrogens is 3. The first-order valence-electron chi connectivity index (χ1n) is 5.84. The minimum Gasteiger partial charge on any atom is -0.360 e. The summed E-state index contributed by atoms with van der Waals surface area (Å²) in [6.07, 6.45) is 2.01. The number of aromatic amines is 2. The molecule has 0 fully saturated rings. The second-order valence-corrected chi connectivity index (χ2v) is 4.29. The van der Waals surface area contributed by atoms with E-state index < -0.39 is 0 Å². The zero-order valence-electron chi connectivity index (χ0n) is 9.57. The van der Waals surface area contributed by atoms with Crippen molar-refractivity contribution in [3.8, 4) is 11.3 Å². The molecule has 2 aromatic heterocycles. The van der Waals surface area contributed by atoms with E-state index in [1.165, 1.54) is 5.39 Å². The van der Waals surface area contributed by atoms with E-state index in [9.17, 15) is 0 Å². The lowest BCUT2D eigenvalue weighted by molar-refractivity contribution is 1.12. The maximum atomic E-state index is 4.42. The van der Waals surface area contributed by atoms with E-state index in [1.54, 1.807) is 0 Å². The van der Waals surface area contributed by atoms with Gasteiger partial charge in [-0.15, -0.1) is 0 Å². The lowest BCUT2D eigenvalue weighted by Crippen LogP contribution is -1.76. The van der Waals surface area contributed by atoms with Crippen molar-refractivity contribution >= 4 is 21.8 Å². The van der Waals surface area contributed by atoms with Gasteiger partial charge in [0, 0.05) is 28.0 Å². The molecule has 0 aliphatic rings. The van der Waals surface area contributed by atoms with Gasteiger partial charge in [0.15, 0.2) is 0 Å². The molecular formula is C15H10N3. The Morgan fingerprint density at radius 2 is 1.94 bits per heavy atom. The maximum absolute atomic E-state index is 4.42. The minimum absolute atomic E-state index is 0.972. The van der Waals surface area contributed by atoms with E-state index >= 15 is 0 Å². The summed E-state index contributed by atoms with van der Waals surface area (Å²) in [5.74, 6) is 0. The van der Waals surface area contributed by atoms with Gasteiger partial charge in [-0.1, -0.05) is 24.3 Å². The van der Waals surface area contributed by atoms with Crippen LogP contribution >= 0.6 is 0 Å². The second kappa shape index (κ2) is 3.47. The standard InChI is InChI=1S/C15H10N3/c1-3-7-13-10(5-1)12(9-16-13)15-11-6-2-4-8-14(11)17-18-15/h1,3-9,16H,(H,17,18). The Kier molecular flexibility index (Phi) is 1.83. The fraction of sp³-hybridized carbons (Fsp3) is 0. The summed E-state index contributed by atoms with van der Waals surface area (Å²) >= 11 is 0. The van der Waals surface area contributed by atoms with Crippen LogP contribution < -0.4 is 0 Å². The van der Waals surface area contributed by atoms with Crippen molar-refractivity contribution < 1.29 is 0 Å².